The van der Waals surface area contributed by atoms with Gasteiger partial charge in [0.15, 0.2) is 12.2 Å². The summed E-state index contributed by atoms with van der Waals surface area (Å²) in [7, 11) is -9.90. The zero-order valence-corrected chi connectivity index (χ0v) is 59.1. The Morgan fingerprint density at radius 1 is 0.318 bits per heavy atom. The van der Waals surface area contributed by atoms with Crippen LogP contribution < -0.4 is 0 Å². The number of phosphoric ester groups is 2. The van der Waals surface area contributed by atoms with Gasteiger partial charge in [-0.2, -0.15) is 0 Å². The SMILES string of the molecule is CCC(C)CCCCCCCCCCC(=O)OC[C@H](COP(=O)(O)OC[C@H](O)COP(=O)(O)OC[C@@H](COC(=O)CCCCCCCCCCCC(C)C)OC(=O)CCCCCCCCCCCC(C)C)OC(=O)CCCCCCCCCCC(C)CC. The van der Waals surface area contributed by atoms with Crippen molar-refractivity contribution >= 4 is 39.5 Å². The number of hydrogen-bond acceptors (Lipinski definition) is 15. The average Bonchev–Trinajstić information content (AvgIpc) is 3.55. The Labute approximate surface area is 537 Å². The van der Waals surface area contributed by atoms with Crippen LogP contribution in [0.4, 0.5) is 0 Å². The molecule has 522 valence electrons. The second kappa shape index (κ2) is 58.8. The molecule has 0 radical (unpaired) electrons. The Hall–Kier alpha value is -1.94. The van der Waals surface area contributed by atoms with Crippen LogP contribution in [0.2, 0.25) is 0 Å². The van der Waals surface area contributed by atoms with Crippen LogP contribution in [0.5, 0.6) is 0 Å². The number of esters is 4. The highest BCUT2D eigenvalue weighted by Crippen LogP contribution is 2.45. The molecule has 0 aromatic heterocycles. The lowest BCUT2D eigenvalue weighted by atomic mass is 9.99. The summed E-state index contributed by atoms with van der Waals surface area (Å²) in [5.41, 5.74) is 0. The molecule has 0 amide bonds. The summed E-state index contributed by atoms with van der Waals surface area (Å²) in [5.74, 6) is 0.895. The summed E-state index contributed by atoms with van der Waals surface area (Å²) >= 11 is 0. The van der Waals surface area contributed by atoms with Crippen molar-refractivity contribution in [2.45, 2.75) is 356 Å². The number of aliphatic hydroxyl groups excluding tert-OH is 1. The number of phosphoric acid groups is 2. The maximum atomic E-state index is 13.0. The number of carbonyl (C=O) groups excluding carboxylic acids is 4. The monoisotopic (exact) mass is 1300 g/mol. The molecule has 0 aliphatic heterocycles. The van der Waals surface area contributed by atoms with Crippen LogP contribution >= 0.6 is 15.6 Å². The fraction of sp³-hybridized carbons (Fsp3) is 0.942. The van der Waals surface area contributed by atoms with Crippen molar-refractivity contribution in [2.24, 2.45) is 23.7 Å². The molecule has 0 fully saturated rings. The Balaban J connectivity index is 5.28. The van der Waals surface area contributed by atoms with Gasteiger partial charge in [-0.05, 0) is 49.4 Å². The van der Waals surface area contributed by atoms with Gasteiger partial charge in [0.1, 0.15) is 19.3 Å². The largest absolute Gasteiger partial charge is 0.472 e. The molecule has 88 heavy (non-hydrogen) atoms. The molecule has 0 saturated heterocycles. The lowest BCUT2D eigenvalue weighted by molar-refractivity contribution is -0.161. The Kier molecular flexibility index (Phi) is 57.6. The van der Waals surface area contributed by atoms with Gasteiger partial charge >= 0.3 is 39.5 Å². The number of aliphatic hydroxyl groups is 1. The maximum Gasteiger partial charge on any atom is 0.472 e. The van der Waals surface area contributed by atoms with Crippen molar-refractivity contribution in [3.8, 4) is 0 Å². The molecule has 0 saturated carbocycles. The zero-order chi connectivity index (χ0) is 65.4. The highest BCUT2D eigenvalue weighted by molar-refractivity contribution is 7.47. The quantitative estimate of drug-likeness (QED) is 0.0222. The van der Waals surface area contributed by atoms with E-state index in [0.717, 1.165) is 114 Å². The predicted octanol–water partition coefficient (Wildman–Crippen LogP) is 19.3. The lowest BCUT2D eigenvalue weighted by Crippen LogP contribution is -2.30. The third kappa shape index (κ3) is 60.3. The Morgan fingerprint density at radius 3 is 0.807 bits per heavy atom. The van der Waals surface area contributed by atoms with Crippen LogP contribution in [-0.2, 0) is 65.4 Å². The molecule has 17 nitrogen and oxygen atoms in total. The van der Waals surface area contributed by atoms with E-state index in [9.17, 15) is 43.2 Å². The van der Waals surface area contributed by atoms with Crippen molar-refractivity contribution in [2.75, 3.05) is 39.6 Å². The number of carbonyl (C=O) groups is 4. The van der Waals surface area contributed by atoms with Crippen molar-refractivity contribution in [3.05, 3.63) is 0 Å². The third-order valence-corrected chi connectivity index (χ3v) is 18.4. The molecular weight excluding hydrogens is 1160 g/mol. The average molecular weight is 1300 g/mol. The molecule has 4 unspecified atom stereocenters. The predicted molar refractivity (Wildman–Crippen MR) is 354 cm³/mol. The van der Waals surface area contributed by atoms with Gasteiger partial charge < -0.3 is 33.8 Å². The molecule has 3 N–H and O–H groups in total. The van der Waals surface area contributed by atoms with Gasteiger partial charge in [0.2, 0.25) is 0 Å². The van der Waals surface area contributed by atoms with E-state index in [0.29, 0.717) is 25.7 Å². The van der Waals surface area contributed by atoms with Crippen LogP contribution in [0.15, 0.2) is 0 Å². The first-order valence-electron chi connectivity index (χ1n) is 35.8. The van der Waals surface area contributed by atoms with Gasteiger partial charge in [-0.25, -0.2) is 9.13 Å². The van der Waals surface area contributed by atoms with Crippen molar-refractivity contribution in [1.29, 1.82) is 0 Å². The van der Waals surface area contributed by atoms with E-state index in [4.69, 9.17) is 37.0 Å². The molecule has 7 atom stereocenters. The number of ether oxygens (including phenoxy) is 4. The van der Waals surface area contributed by atoms with E-state index >= 15 is 0 Å². The van der Waals surface area contributed by atoms with E-state index in [1.54, 1.807) is 0 Å². The van der Waals surface area contributed by atoms with Gasteiger partial charge in [-0.15, -0.1) is 0 Å². The highest BCUT2D eigenvalue weighted by Gasteiger charge is 2.30. The molecule has 0 aliphatic rings. The van der Waals surface area contributed by atoms with Crippen molar-refractivity contribution in [3.63, 3.8) is 0 Å². The van der Waals surface area contributed by atoms with Gasteiger partial charge in [-0.3, -0.25) is 37.3 Å². The summed E-state index contributed by atoms with van der Waals surface area (Å²) in [4.78, 5) is 72.5. The van der Waals surface area contributed by atoms with E-state index in [1.165, 1.54) is 141 Å². The van der Waals surface area contributed by atoms with Gasteiger partial charge in [0.25, 0.3) is 0 Å². The summed E-state index contributed by atoms with van der Waals surface area (Å²) in [6.45, 7) is 14.1. The van der Waals surface area contributed by atoms with Crippen LogP contribution in [0, 0.1) is 23.7 Å². The summed E-state index contributed by atoms with van der Waals surface area (Å²) in [6, 6.07) is 0. The van der Waals surface area contributed by atoms with E-state index in [-0.39, 0.29) is 25.7 Å². The van der Waals surface area contributed by atoms with Crippen LogP contribution in [0.1, 0.15) is 338 Å². The zero-order valence-electron chi connectivity index (χ0n) is 57.3. The standard InChI is InChI=1S/C69H134O17P2/c1-9-61(7)47-39-31-23-17-19-26-34-42-50-67(72)80-56-65(86-69(74)52-44-36-28-20-18-24-32-40-48-62(8)10-2)58-84-88(77,78)82-54-63(70)53-81-87(75,76)83-57-64(85-68(73)51-43-35-27-16-12-14-22-30-38-46-60(5)6)55-79-66(71)49-41-33-25-15-11-13-21-29-37-45-59(3)4/h59-65,70H,9-58H2,1-8H3,(H,75,76)(H,77,78)/t61?,62?,63-,64-,65-/m1/s1. The topological polar surface area (TPSA) is 237 Å². The first-order chi connectivity index (χ1) is 42.2. The highest BCUT2D eigenvalue weighted by atomic mass is 31.2. The molecule has 0 rings (SSSR count). The molecule has 0 aromatic carbocycles. The van der Waals surface area contributed by atoms with Crippen LogP contribution in [0.3, 0.4) is 0 Å². The maximum absolute atomic E-state index is 13.0. The lowest BCUT2D eigenvalue weighted by Gasteiger charge is -2.21. The molecule has 0 aliphatic carbocycles. The number of rotatable bonds is 66. The van der Waals surface area contributed by atoms with Gasteiger partial charge in [0.05, 0.1) is 26.4 Å². The molecular formula is C69H134O17P2. The second-order valence-corrected chi connectivity index (χ2v) is 29.3. The summed E-state index contributed by atoms with van der Waals surface area (Å²) < 4.78 is 68.3. The normalized spacial score (nSPS) is 14.9. The van der Waals surface area contributed by atoms with E-state index < -0.39 is 97.5 Å². The van der Waals surface area contributed by atoms with Crippen molar-refractivity contribution < 1.29 is 80.2 Å². The fourth-order valence-electron chi connectivity index (χ4n) is 10.2. The first-order valence-corrected chi connectivity index (χ1v) is 38.8. The summed E-state index contributed by atoms with van der Waals surface area (Å²) in [6.07, 6.45) is 40.2. The minimum atomic E-state index is -4.95. The Bertz CT molecular complexity index is 1750. The minimum absolute atomic E-state index is 0.104. The molecule has 0 aromatic rings. The van der Waals surface area contributed by atoms with E-state index in [2.05, 4.69) is 55.4 Å². The smallest absolute Gasteiger partial charge is 0.462 e. The molecule has 0 spiro atoms. The third-order valence-electron chi connectivity index (χ3n) is 16.5. The van der Waals surface area contributed by atoms with E-state index in [1.807, 2.05) is 0 Å². The van der Waals surface area contributed by atoms with Gasteiger partial charge in [-0.1, -0.05) is 287 Å². The van der Waals surface area contributed by atoms with Crippen molar-refractivity contribution in [1.82, 2.24) is 0 Å². The number of unbranched alkanes of at least 4 members (excludes halogenated alkanes) is 30. The second-order valence-electron chi connectivity index (χ2n) is 26.4. The molecule has 19 heteroatoms. The fourth-order valence-corrected chi connectivity index (χ4v) is 11.8. The Morgan fingerprint density at radius 2 is 0.545 bits per heavy atom. The first kappa shape index (κ1) is 86.1. The van der Waals surface area contributed by atoms with Crippen LogP contribution in [0.25, 0.3) is 0 Å². The minimum Gasteiger partial charge on any atom is -0.462 e. The van der Waals surface area contributed by atoms with Gasteiger partial charge in [0, 0.05) is 25.7 Å². The molecule has 0 heterocycles. The molecule has 0 bridgehead atoms. The summed E-state index contributed by atoms with van der Waals surface area (Å²) in [5, 5.41) is 10.6. The van der Waals surface area contributed by atoms with Crippen LogP contribution in [-0.4, -0.2) is 96.7 Å². The number of hydrogen-bond donors (Lipinski definition) is 3.